The molecule has 4 nitrogen and oxygen atoms in total. The molecule has 0 radical (unpaired) electrons. The van der Waals surface area contributed by atoms with Crippen LogP contribution in [0.1, 0.15) is 135 Å². The normalized spacial score (nSPS) is 13.1. The quantitative estimate of drug-likeness (QED) is 0.145. The summed E-state index contributed by atoms with van der Waals surface area (Å²) < 4.78 is 29.8. The van der Waals surface area contributed by atoms with Gasteiger partial charge in [-0.25, -0.2) is 0 Å². The van der Waals surface area contributed by atoms with Crippen molar-refractivity contribution in [1.29, 1.82) is 0 Å². The molecule has 1 atom stereocenters. The Labute approximate surface area is 175 Å². The average Bonchev–Trinajstić information content (AvgIpc) is 2.64. The molecular weight excluding hydrogens is 372 g/mol. The van der Waals surface area contributed by atoms with Gasteiger partial charge < -0.3 is 5.11 Å². The van der Waals surface area contributed by atoms with E-state index in [1.165, 1.54) is 83.5 Å². The molecule has 0 spiro atoms. The van der Waals surface area contributed by atoms with E-state index in [1.54, 1.807) is 0 Å². The van der Waals surface area contributed by atoms with E-state index in [1.807, 2.05) is 0 Å². The number of hydrogen-bond donors (Lipinski definition) is 2. The predicted molar refractivity (Wildman–Crippen MR) is 120 cm³/mol. The number of unbranched alkanes of at least 4 members (excludes halogenated alkanes) is 16. The summed E-state index contributed by atoms with van der Waals surface area (Å²) in [5.74, 6) is -0.107. The number of rotatable bonds is 22. The first kappa shape index (κ1) is 27.9. The van der Waals surface area contributed by atoms with E-state index in [9.17, 15) is 13.5 Å². The molecule has 1 unspecified atom stereocenters. The summed E-state index contributed by atoms with van der Waals surface area (Å²) in [6.07, 6.45) is 23.5. The third kappa shape index (κ3) is 23.9. The van der Waals surface area contributed by atoms with E-state index in [0.717, 1.165) is 38.5 Å². The lowest BCUT2D eigenvalue weighted by atomic mass is 10.0. The molecule has 28 heavy (non-hydrogen) atoms. The maximum Gasteiger partial charge on any atom is 0.264 e. The van der Waals surface area contributed by atoms with Crippen molar-refractivity contribution in [2.45, 2.75) is 141 Å². The number of aliphatic hydroxyl groups excluding tert-OH is 1. The van der Waals surface area contributed by atoms with Crippen molar-refractivity contribution in [2.75, 3.05) is 5.75 Å². The molecule has 5 heteroatoms. The van der Waals surface area contributed by atoms with E-state index in [4.69, 9.17) is 4.55 Å². The maximum absolute atomic E-state index is 10.6. The molecule has 0 heterocycles. The van der Waals surface area contributed by atoms with Gasteiger partial charge in [-0.1, -0.05) is 116 Å². The third-order valence-corrected chi connectivity index (χ3v) is 6.39. The summed E-state index contributed by atoms with van der Waals surface area (Å²) in [4.78, 5) is 0. The highest BCUT2D eigenvalue weighted by Gasteiger charge is 2.04. The van der Waals surface area contributed by atoms with Crippen molar-refractivity contribution in [3.05, 3.63) is 0 Å². The zero-order chi connectivity index (χ0) is 20.9. The van der Waals surface area contributed by atoms with Gasteiger partial charge in [0.25, 0.3) is 10.1 Å². The van der Waals surface area contributed by atoms with Crippen molar-refractivity contribution in [3.8, 4) is 0 Å². The Bertz CT molecular complexity index is 409. The van der Waals surface area contributed by atoms with Gasteiger partial charge in [0, 0.05) is 0 Å². The SMILES string of the molecule is CCCCCCCCCCCCC(O)CCCCCCCCCCS(=O)(=O)O. The molecule has 0 aromatic carbocycles. The van der Waals surface area contributed by atoms with Crippen LogP contribution in [0, 0.1) is 0 Å². The Morgan fingerprint density at radius 1 is 0.571 bits per heavy atom. The number of aliphatic hydroxyl groups is 1. The van der Waals surface area contributed by atoms with Gasteiger partial charge in [-0.15, -0.1) is 0 Å². The van der Waals surface area contributed by atoms with Crippen LogP contribution in [0.15, 0.2) is 0 Å². The topological polar surface area (TPSA) is 74.6 Å². The Hall–Kier alpha value is -0.130. The van der Waals surface area contributed by atoms with Crippen LogP contribution in [0.5, 0.6) is 0 Å². The molecule has 0 aromatic rings. The highest BCUT2D eigenvalue weighted by Crippen LogP contribution is 2.15. The Morgan fingerprint density at radius 3 is 1.25 bits per heavy atom. The van der Waals surface area contributed by atoms with Gasteiger partial charge in [0.2, 0.25) is 0 Å². The monoisotopic (exact) mass is 420 g/mol. The van der Waals surface area contributed by atoms with E-state index < -0.39 is 10.1 Å². The largest absolute Gasteiger partial charge is 0.393 e. The smallest absolute Gasteiger partial charge is 0.264 e. The molecule has 2 N–H and O–H groups in total. The van der Waals surface area contributed by atoms with E-state index in [2.05, 4.69) is 6.92 Å². The lowest BCUT2D eigenvalue weighted by Crippen LogP contribution is -2.05. The van der Waals surface area contributed by atoms with Gasteiger partial charge >= 0.3 is 0 Å². The van der Waals surface area contributed by atoms with Gasteiger partial charge in [0.1, 0.15) is 0 Å². The van der Waals surface area contributed by atoms with Crippen LogP contribution < -0.4 is 0 Å². The summed E-state index contributed by atoms with van der Waals surface area (Å²) >= 11 is 0. The molecular formula is C23H48O4S. The van der Waals surface area contributed by atoms with Gasteiger partial charge in [0.15, 0.2) is 0 Å². The molecule has 0 aliphatic rings. The minimum atomic E-state index is -3.78. The van der Waals surface area contributed by atoms with Crippen molar-refractivity contribution in [3.63, 3.8) is 0 Å². The van der Waals surface area contributed by atoms with Gasteiger partial charge in [0.05, 0.1) is 11.9 Å². The standard InChI is InChI=1S/C23H48O4S/c1-2-3-4-5-6-7-8-11-14-17-20-23(24)21-18-15-12-9-10-13-16-19-22-28(25,26)27/h23-24H,2-22H2,1H3,(H,25,26,27). The first-order valence-corrected chi connectivity index (χ1v) is 13.7. The fraction of sp³-hybridized carbons (Fsp3) is 1.00. The summed E-state index contributed by atoms with van der Waals surface area (Å²) in [5.41, 5.74) is 0. The Morgan fingerprint density at radius 2 is 0.893 bits per heavy atom. The minimum absolute atomic E-state index is 0.107. The summed E-state index contributed by atoms with van der Waals surface area (Å²) in [7, 11) is -3.78. The van der Waals surface area contributed by atoms with Crippen LogP contribution in [-0.2, 0) is 10.1 Å². The zero-order valence-corrected chi connectivity index (χ0v) is 19.4. The van der Waals surface area contributed by atoms with E-state index in [0.29, 0.717) is 6.42 Å². The summed E-state index contributed by atoms with van der Waals surface area (Å²) in [6, 6.07) is 0. The zero-order valence-electron chi connectivity index (χ0n) is 18.5. The predicted octanol–water partition coefficient (Wildman–Crippen LogP) is 7.06. The molecule has 0 amide bonds. The highest BCUT2D eigenvalue weighted by molar-refractivity contribution is 7.85. The highest BCUT2D eigenvalue weighted by atomic mass is 32.2. The Kier molecular flexibility index (Phi) is 20.1. The second-order valence-electron chi connectivity index (χ2n) is 8.53. The minimum Gasteiger partial charge on any atom is -0.393 e. The summed E-state index contributed by atoms with van der Waals surface area (Å²) in [6.45, 7) is 2.26. The summed E-state index contributed by atoms with van der Waals surface area (Å²) in [5, 5.41) is 10.1. The Balaban J connectivity index is 3.20. The number of hydrogen-bond acceptors (Lipinski definition) is 3. The average molecular weight is 421 g/mol. The van der Waals surface area contributed by atoms with E-state index in [-0.39, 0.29) is 11.9 Å². The molecule has 0 saturated heterocycles. The van der Waals surface area contributed by atoms with Crippen LogP contribution in [0.4, 0.5) is 0 Å². The molecule has 0 aliphatic heterocycles. The first-order chi connectivity index (χ1) is 13.5. The van der Waals surface area contributed by atoms with Crippen LogP contribution in [0.3, 0.4) is 0 Å². The lowest BCUT2D eigenvalue weighted by Gasteiger charge is -2.10. The van der Waals surface area contributed by atoms with E-state index >= 15 is 0 Å². The van der Waals surface area contributed by atoms with Crippen LogP contribution >= 0.6 is 0 Å². The molecule has 170 valence electrons. The molecule has 0 bridgehead atoms. The van der Waals surface area contributed by atoms with Crippen LogP contribution in [-0.4, -0.2) is 29.9 Å². The van der Waals surface area contributed by atoms with Crippen molar-refractivity contribution >= 4 is 10.1 Å². The molecule has 0 aromatic heterocycles. The van der Waals surface area contributed by atoms with Gasteiger partial charge in [-0.3, -0.25) is 4.55 Å². The second kappa shape index (κ2) is 20.2. The van der Waals surface area contributed by atoms with Crippen molar-refractivity contribution in [2.24, 2.45) is 0 Å². The first-order valence-electron chi connectivity index (χ1n) is 12.1. The van der Waals surface area contributed by atoms with Gasteiger partial charge in [-0.2, -0.15) is 8.42 Å². The lowest BCUT2D eigenvalue weighted by molar-refractivity contribution is 0.147. The molecule has 0 saturated carbocycles. The van der Waals surface area contributed by atoms with Crippen molar-refractivity contribution < 1.29 is 18.1 Å². The van der Waals surface area contributed by atoms with Crippen LogP contribution in [0.25, 0.3) is 0 Å². The maximum atomic E-state index is 10.6. The second-order valence-corrected chi connectivity index (χ2v) is 10.1. The molecule has 0 aliphatic carbocycles. The molecule has 0 rings (SSSR count). The fourth-order valence-corrected chi connectivity index (χ4v) is 4.31. The van der Waals surface area contributed by atoms with Gasteiger partial charge in [-0.05, 0) is 19.3 Å². The van der Waals surface area contributed by atoms with Crippen molar-refractivity contribution in [1.82, 2.24) is 0 Å². The third-order valence-electron chi connectivity index (χ3n) is 5.58. The fourth-order valence-electron chi connectivity index (χ4n) is 3.74. The van der Waals surface area contributed by atoms with Crippen LogP contribution in [0.2, 0.25) is 0 Å². The molecule has 0 fully saturated rings.